The molecule has 0 N–H and O–H groups in total. The van der Waals surface area contributed by atoms with Gasteiger partial charge >= 0.3 is 0 Å². The Hall–Kier alpha value is -1.73. The van der Waals surface area contributed by atoms with Gasteiger partial charge in [-0.25, -0.2) is 0 Å². The summed E-state index contributed by atoms with van der Waals surface area (Å²) < 4.78 is 0. The van der Waals surface area contributed by atoms with Crippen molar-refractivity contribution in [3.8, 4) is 0 Å². The average molecular weight is 393 g/mol. The zero-order valence-corrected chi connectivity index (χ0v) is 18.7. The molecule has 150 valence electrons. The van der Waals surface area contributed by atoms with Crippen LogP contribution in [-0.2, 0) is 0 Å². The lowest BCUT2D eigenvalue weighted by Crippen LogP contribution is -2.19. The third-order valence-corrected chi connectivity index (χ3v) is 6.24. The van der Waals surface area contributed by atoms with Crippen molar-refractivity contribution in [1.29, 1.82) is 0 Å². The smallest absolute Gasteiger partial charge is 0.0484 e. The van der Waals surface area contributed by atoms with Crippen molar-refractivity contribution < 1.29 is 0 Å². The second-order valence-corrected chi connectivity index (χ2v) is 8.31. The van der Waals surface area contributed by atoms with Crippen LogP contribution in [0.5, 0.6) is 0 Å². The van der Waals surface area contributed by atoms with Crippen molar-refractivity contribution in [2.75, 3.05) is 0 Å². The Bertz CT molecular complexity index is 714. The molecule has 1 heteroatoms. The van der Waals surface area contributed by atoms with E-state index in [0.717, 1.165) is 4.86 Å². The van der Waals surface area contributed by atoms with Gasteiger partial charge in [0.15, 0.2) is 0 Å². The van der Waals surface area contributed by atoms with Gasteiger partial charge in [-0.15, -0.1) is 0 Å². The second kappa shape index (κ2) is 12.7. The Morgan fingerprint density at radius 1 is 0.857 bits per heavy atom. The van der Waals surface area contributed by atoms with Crippen LogP contribution in [0.4, 0.5) is 0 Å². The molecule has 28 heavy (non-hydrogen) atoms. The van der Waals surface area contributed by atoms with Crippen LogP contribution in [-0.4, -0.2) is 4.86 Å². The lowest BCUT2D eigenvalue weighted by Gasteiger charge is -2.27. The third-order valence-electron chi connectivity index (χ3n) is 5.77. The van der Waals surface area contributed by atoms with Crippen LogP contribution in [0.2, 0.25) is 0 Å². The number of thiocarbonyl (C=S) groups is 1. The predicted octanol–water partition coefficient (Wildman–Crippen LogP) is 8.51. The molecule has 0 aliphatic rings. The molecular formula is C27H36S. The van der Waals surface area contributed by atoms with Gasteiger partial charge < -0.3 is 0 Å². The van der Waals surface area contributed by atoms with Gasteiger partial charge in [0, 0.05) is 4.86 Å². The van der Waals surface area contributed by atoms with E-state index in [9.17, 15) is 0 Å². The fourth-order valence-corrected chi connectivity index (χ4v) is 4.17. The molecule has 0 aliphatic carbocycles. The highest BCUT2D eigenvalue weighted by atomic mass is 32.1. The molecule has 0 saturated heterocycles. The summed E-state index contributed by atoms with van der Waals surface area (Å²) in [6.45, 7) is 6.98. The van der Waals surface area contributed by atoms with Gasteiger partial charge in [0.1, 0.15) is 0 Å². The topological polar surface area (TPSA) is 0 Å². The first-order chi connectivity index (χ1) is 13.7. The van der Waals surface area contributed by atoms with Gasteiger partial charge in [-0.1, -0.05) is 138 Å². The average Bonchev–Trinajstić information content (AvgIpc) is 2.75. The predicted molar refractivity (Wildman–Crippen MR) is 129 cm³/mol. The summed E-state index contributed by atoms with van der Waals surface area (Å²) in [6, 6.07) is 21.2. The highest BCUT2D eigenvalue weighted by Gasteiger charge is 2.23. The third kappa shape index (κ3) is 7.02. The van der Waals surface area contributed by atoms with E-state index in [2.05, 4.69) is 87.5 Å². The van der Waals surface area contributed by atoms with E-state index >= 15 is 0 Å². The molecule has 0 nitrogen and oxygen atoms in total. The van der Waals surface area contributed by atoms with E-state index in [4.69, 9.17) is 12.2 Å². The van der Waals surface area contributed by atoms with Gasteiger partial charge in [0.25, 0.3) is 0 Å². The fourth-order valence-electron chi connectivity index (χ4n) is 3.82. The largest absolute Gasteiger partial charge is 0.0791 e. The maximum absolute atomic E-state index is 6.04. The standard InChI is InChI=1S/C27H36S/c1-4-6-7-8-15-20-25(22(3)5-2)26(21-23-16-11-9-12-17-23)27(28)24-18-13-10-14-19-24/h9-14,16-19,21-22,25H,4-8,15,20H2,1-3H3. The van der Waals surface area contributed by atoms with Crippen molar-refractivity contribution in [2.45, 2.75) is 65.7 Å². The molecule has 0 spiro atoms. The van der Waals surface area contributed by atoms with Crippen molar-refractivity contribution >= 4 is 23.2 Å². The molecule has 0 aliphatic heterocycles. The molecular weight excluding hydrogens is 356 g/mol. The quantitative estimate of drug-likeness (QED) is 0.151. The zero-order chi connectivity index (χ0) is 20.2. The summed E-state index contributed by atoms with van der Waals surface area (Å²) in [4.78, 5) is 1.02. The monoisotopic (exact) mass is 392 g/mol. The molecule has 0 bridgehead atoms. The lowest BCUT2D eigenvalue weighted by atomic mass is 9.78. The van der Waals surface area contributed by atoms with E-state index in [1.807, 2.05) is 0 Å². The van der Waals surface area contributed by atoms with E-state index in [1.165, 1.54) is 61.6 Å². The molecule has 0 amide bonds. The highest BCUT2D eigenvalue weighted by molar-refractivity contribution is 7.81. The lowest BCUT2D eigenvalue weighted by molar-refractivity contribution is 0.371. The summed E-state index contributed by atoms with van der Waals surface area (Å²) in [5, 5.41) is 0. The molecule has 2 aromatic rings. The Balaban J connectivity index is 2.32. The summed E-state index contributed by atoms with van der Waals surface area (Å²) in [5.41, 5.74) is 3.76. The van der Waals surface area contributed by atoms with Gasteiger partial charge in [-0.2, -0.15) is 0 Å². The van der Waals surface area contributed by atoms with Crippen LogP contribution in [0.15, 0.2) is 66.2 Å². The fraction of sp³-hybridized carbons (Fsp3) is 0.444. The molecule has 2 unspecified atom stereocenters. The Kier molecular flexibility index (Phi) is 10.2. The molecule has 0 radical (unpaired) electrons. The first-order valence-electron chi connectivity index (χ1n) is 11.0. The van der Waals surface area contributed by atoms with Crippen LogP contribution in [0.1, 0.15) is 76.8 Å². The van der Waals surface area contributed by atoms with Crippen molar-refractivity contribution in [1.82, 2.24) is 0 Å². The molecule has 0 fully saturated rings. The van der Waals surface area contributed by atoms with E-state index in [0.29, 0.717) is 11.8 Å². The highest BCUT2D eigenvalue weighted by Crippen LogP contribution is 2.33. The number of rotatable bonds is 12. The molecule has 0 aromatic heterocycles. The number of unbranched alkanes of at least 4 members (excludes halogenated alkanes) is 4. The van der Waals surface area contributed by atoms with Gasteiger partial charge in [0.2, 0.25) is 0 Å². The van der Waals surface area contributed by atoms with Crippen LogP contribution in [0.25, 0.3) is 6.08 Å². The van der Waals surface area contributed by atoms with Crippen LogP contribution >= 0.6 is 12.2 Å². The Labute approximate surface area is 178 Å². The van der Waals surface area contributed by atoms with E-state index in [1.54, 1.807) is 0 Å². The number of benzene rings is 2. The summed E-state index contributed by atoms with van der Waals surface area (Å²) in [6.07, 6.45) is 11.4. The van der Waals surface area contributed by atoms with E-state index in [-0.39, 0.29) is 0 Å². The summed E-state index contributed by atoms with van der Waals surface area (Å²) in [7, 11) is 0. The number of hydrogen-bond acceptors (Lipinski definition) is 1. The van der Waals surface area contributed by atoms with Crippen LogP contribution < -0.4 is 0 Å². The minimum absolute atomic E-state index is 0.513. The van der Waals surface area contributed by atoms with Crippen LogP contribution in [0.3, 0.4) is 0 Å². The minimum Gasteiger partial charge on any atom is -0.0791 e. The molecule has 2 rings (SSSR count). The zero-order valence-electron chi connectivity index (χ0n) is 17.9. The first kappa shape index (κ1) is 22.6. The first-order valence-corrected chi connectivity index (χ1v) is 11.4. The maximum Gasteiger partial charge on any atom is 0.0484 e. The van der Waals surface area contributed by atoms with Crippen LogP contribution in [0, 0.1) is 11.8 Å². The van der Waals surface area contributed by atoms with Gasteiger partial charge in [0.05, 0.1) is 0 Å². The SMILES string of the molecule is CCCCCCCC(C(=Cc1ccccc1)C(=S)c1ccccc1)C(C)CC. The Morgan fingerprint density at radius 2 is 1.46 bits per heavy atom. The Morgan fingerprint density at radius 3 is 2.07 bits per heavy atom. The van der Waals surface area contributed by atoms with Crippen molar-refractivity contribution in [3.63, 3.8) is 0 Å². The second-order valence-electron chi connectivity index (χ2n) is 7.90. The molecule has 0 saturated carbocycles. The normalized spacial score (nSPS) is 13.9. The minimum atomic E-state index is 0.513. The van der Waals surface area contributed by atoms with Gasteiger partial charge in [-0.3, -0.25) is 0 Å². The maximum atomic E-state index is 6.04. The summed E-state index contributed by atoms with van der Waals surface area (Å²) in [5.74, 6) is 1.14. The van der Waals surface area contributed by atoms with Gasteiger partial charge in [-0.05, 0) is 35.0 Å². The molecule has 0 heterocycles. The summed E-state index contributed by atoms with van der Waals surface area (Å²) >= 11 is 6.04. The number of hydrogen-bond donors (Lipinski definition) is 0. The van der Waals surface area contributed by atoms with E-state index < -0.39 is 0 Å². The molecule has 2 aromatic carbocycles. The van der Waals surface area contributed by atoms with Crippen molar-refractivity contribution in [3.05, 3.63) is 77.4 Å². The molecule has 2 atom stereocenters. The number of allylic oxidation sites excluding steroid dienone is 1. The van der Waals surface area contributed by atoms with Crippen molar-refractivity contribution in [2.24, 2.45) is 11.8 Å².